The van der Waals surface area contributed by atoms with Gasteiger partial charge in [0.15, 0.2) is 0 Å². The fourth-order valence-electron chi connectivity index (χ4n) is 3.97. The number of benzene rings is 1. The number of para-hydroxylation sites is 1. The van der Waals surface area contributed by atoms with Crippen LogP contribution < -0.4 is 10.6 Å². The van der Waals surface area contributed by atoms with Crippen molar-refractivity contribution in [1.82, 2.24) is 10.3 Å². The summed E-state index contributed by atoms with van der Waals surface area (Å²) in [5, 5.41) is 16.6. The molecule has 0 saturated heterocycles. The molecular formula is C23H22N4O2S. The zero-order valence-corrected chi connectivity index (χ0v) is 17.7. The molecule has 7 heteroatoms. The molecule has 0 bridgehead atoms. The quantitative estimate of drug-likeness (QED) is 0.435. The number of carbonyl (C=O) groups excluding carboxylic acids is 2. The van der Waals surface area contributed by atoms with Gasteiger partial charge in [0.1, 0.15) is 16.6 Å². The Bertz CT molecular complexity index is 1230. The Morgan fingerprint density at radius 2 is 2.00 bits per heavy atom. The minimum atomic E-state index is -0.508. The van der Waals surface area contributed by atoms with Gasteiger partial charge in [0.2, 0.25) is 0 Å². The molecule has 0 fully saturated rings. The Balaban J connectivity index is 1.70. The number of anilines is 1. The molecule has 3 aromatic rings. The standard InChI is InChI=1S/C23H22N4O2S/c1-13-17(15-7-3-5-9-18(15)26-13)11-14(12-24)21(28)27-23-20(22(29)25-2)16-8-4-6-10-19(16)30-23/h3,5,7,9,11,26H,4,6,8,10H2,1-2H3,(H,25,29)(H,27,28)/b14-11-. The zero-order valence-electron chi connectivity index (χ0n) is 16.9. The van der Waals surface area contributed by atoms with E-state index >= 15 is 0 Å². The molecule has 3 N–H and O–H groups in total. The molecule has 0 spiro atoms. The van der Waals surface area contributed by atoms with Crippen LogP contribution in [0.25, 0.3) is 17.0 Å². The second kappa shape index (κ2) is 8.17. The first-order chi connectivity index (χ1) is 14.5. The summed E-state index contributed by atoms with van der Waals surface area (Å²) in [6.45, 7) is 1.91. The van der Waals surface area contributed by atoms with Crippen LogP contribution in [-0.4, -0.2) is 23.8 Å². The number of rotatable bonds is 4. The normalized spacial score (nSPS) is 13.6. The third kappa shape index (κ3) is 3.51. The fourth-order valence-corrected chi connectivity index (χ4v) is 5.25. The van der Waals surface area contributed by atoms with E-state index < -0.39 is 5.91 Å². The second-order valence-electron chi connectivity index (χ2n) is 7.33. The molecule has 0 aliphatic heterocycles. The van der Waals surface area contributed by atoms with Crippen LogP contribution in [0.4, 0.5) is 5.00 Å². The van der Waals surface area contributed by atoms with Crippen molar-refractivity contribution in [3.8, 4) is 6.07 Å². The first-order valence-corrected chi connectivity index (χ1v) is 10.7. The van der Waals surface area contributed by atoms with E-state index in [1.807, 2.05) is 37.3 Å². The molecule has 1 aliphatic rings. The highest BCUT2D eigenvalue weighted by Crippen LogP contribution is 2.38. The number of aromatic amines is 1. The average Bonchev–Trinajstić information content (AvgIpc) is 3.27. The Morgan fingerprint density at radius 1 is 1.23 bits per heavy atom. The molecule has 2 heterocycles. The van der Waals surface area contributed by atoms with Crippen molar-refractivity contribution in [2.24, 2.45) is 0 Å². The third-order valence-electron chi connectivity index (χ3n) is 5.45. The lowest BCUT2D eigenvalue weighted by atomic mass is 9.95. The maximum atomic E-state index is 13.0. The van der Waals surface area contributed by atoms with E-state index in [-0.39, 0.29) is 11.5 Å². The van der Waals surface area contributed by atoms with Gasteiger partial charge in [-0.15, -0.1) is 11.3 Å². The number of hydrogen-bond donors (Lipinski definition) is 3. The molecule has 4 rings (SSSR count). The number of hydrogen-bond acceptors (Lipinski definition) is 4. The molecule has 152 valence electrons. The van der Waals surface area contributed by atoms with Gasteiger partial charge in [0, 0.05) is 34.1 Å². The van der Waals surface area contributed by atoms with Crippen LogP contribution in [0.15, 0.2) is 29.8 Å². The van der Waals surface area contributed by atoms with Gasteiger partial charge >= 0.3 is 0 Å². The largest absolute Gasteiger partial charge is 0.358 e. The maximum absolute atomic E-state index is 13.0. The van der Waals surface area contributed by atoms with E-state index in [1.165, 1.54) is 11.3 Å². The van der Waals surface area contributed by atoms with E-state index in [9.17, 15) is 14.9 Å². The van der Waals surface area contributed by atoms with Gasteiger partial charge in [-0.05, 0) is 50.3 Å². The van der Waals surface area contributed by atoms with E-state index in [0.717, 1.165) is 58.3 Å². The number of amides is 2. The Kier molecular flexibility index (Phi) is 5.42. The molecule has 0 atom stereocenters. The van der Waals surface area contributed by atoms with Crippen LogP contribution in [0.5, 0.6) is 0 Å². The number of nitrogens with one attached hydrogen (secondary N) is 3. The number of aryl methyl sites for hydroxylation is 2. The van der Waals surface area contributed by atoms with Gasteiger partial charge in [0.25, 0.3) is 11.8 Å². The third-order valence-corrected chi connectivity index (χ3v) is 6.66. The molecule has 1 aromatic carbocycles. The molecular weight excluding hydrogens is 396 g/mol. The molecule has 2 amide bonds. The van der Waals surface area contributed by atoms with Gasteiger partial charge in [-0.3, -0.25) is 9.59 Å². The summed E-state index contributed by atoms with van der Waals surface area (Å²) in [5.41, 5.74) is 4.20. The van der Waals surface area contributed by atoms with E-state index in [2.05, 4.69) is 15.6 Å². The Morgan fingerprint density at radius 3 is 2.77 bits per heavy atom. The van der Waals surface area contributed by atoms with Gasteiger partial charge in [-0.1, -0.05) is 18.2 Å². The number of aromatic nitrogens is 1. The predicted octanol–water partition coefficient (Wildman–Crippen LogP) is 4.32. The van der Waals surface area contributed by atoms with Gasteiger partial charge in [-0.2, -0.15) is 5.26 Å². The zero-order chi connectivity index (χ0) is 21.3. The number of nitriles is 1. The van der Waals surface area contributed by atoms with Crippen molar-refractivity contribution in [1.29, 1.82) is 5.26 Å². The Labute approximate surface area is 178 Å². The minimum Gasteiger partial charge on any atom is -0.358 e. The van der Waals surface area contributed by atoms with Crippen molar-refractivity contribution in [3.05, 3.63) is 57.1 Å². The van der Waals surface area contributed by atoms with Crippen LogP contribution in [-0.2, 0) is 17.6 Å². The number of thiophene rings is 1. The highest BCUT2D eigenvalue weighted by molar-refractivity contribution is 7.17. The Hall–Kier alpha value is -3.37. The number of H-pyrrole nitrogens is 1. The SMILES string of the molecule is CNC(=O)c1c(NC(=O)/C(C#N)=C\c2c(C)[nH]c3ccccc23)sc2c1CCCC2. The molecule has 30 heavy (non-hydrogen) atoms. The van der Waals surface area contributed by atoms with Gasteiger partial charge in [-0.25, -0.2) is 0 Å². The second-order valence-corrected chi connectivity index (χ2v) is 8.43. The average molecular weight is 419 g/mol. The maximum Gasteiger partial charge on any atom is 0.266 e. The van der Waals surface area contributed by atoms with Crippen molar-refractivity contribution in [2.45, 2.75) is 32.6 Å². The molecule has 0 unspecified atom stereocenters. The smallest absolute Gasteiger partial charge is 0.266 e. The number of fused-ring (bicyclic) bond motifs is 2. The van der Waals surface area contributed by atoms with E-state index in [1.54, 1.807) is 13.1 Å². The van der Waals surface area contributed by atoms with Crippen molar-refractivity contribution in [3.63, 3.8) is 0 Å². The molecule has 2 aromatic heterocycles. The van der Waals surface area contributed by atoms with Crippen LogP contribution in [0.3, 0.4) is 0 Å². The molecule has 1 aliphatic carbocycles. The first kappa shape index (κ1) is 19.9. The molecule has 0 radical (unpaired) electrons. The first-order valence-electron chi connectivity index (χ1n) is 9.90. The van der Waals surface area contributed by atoms with Crippen molar-refractivity contribution >= 4 is 45.1 Å². The number of carbonyl (C=O) groups is 2. The van der Waals surface area contributed by atoms with Crippen LogP contribution in [0.1, 0.15) is 44.9 Å². The lowest BCUT2D eigenvalue weighted by Gasteiger charge is -2.12. The fraction of sp³-hybridized carbons (Fsp3) is 0.261. The molecule has 0 saturated carbocycles. The predicted molar refractivity (Wildman–Crippen MR) is 120 cm³/mol. The topological polar surface area (TPSA) is 97.8 Å². The van der Waals surface area contributed by atoms with Crippen LogP contribution >= 0.6 is 11.3 Å². The summed E-state index contributed by atoms with van der Waals surface area (Å²) in [5.74, 6) is -0.717. The van der Waals surface area contributed by atoms with Crippen LogP contribution in [0.2, 0.25) is 0 Å². The number of nitrogens with zero attached hydrogens (tertiary/aromatic N) is 1. The van der Waals surface area contributed by atoms with E-state index in [0.29, 0.717) is 10.6 Å². The lowest BCUT2D eigenvalue weighted by molar-refractivity contribution is -0.112. The van der Waals surface area contributed by atoms with E-state index in [4.69, 9.17) is 0 Å². The summed E-state index contributed by atoms with van der Waals surface area (Å²) in [6, 6.07) is 9.78. The van der Waals surface area contributed by atoms with Crippen LogP contribution in [0, 0.1) is 18.3 Å². The lowest BCUT2D eigenvalue weighted by Crippen LogP contribution is -2.22. The summed E-state index contributed by atoms with van der Waals surface area (Å²) in [4.78, 5) is 29.9. The van der Waals surface area contributed by atoms with Crippen molar-refractivity contribution < 1.29 is 9.59 Å². The minimum absolute atomic E-state index is 0.00270. The monoisotopic (exact) mass is 418 g/mol. The summed E-state index contributed by atoms with van der Waals surface area (Å²) in [7, 11) is 1.58. The van der Waals surface area contributed by atoms with Gasteiger partial charge in [0.05, 0.1) is 5.56 Å². The summed E-state index contributed by atoms with van der Waals surface area (Å²) >= 11 is 1.44. The van der Waals surface area contributed by atoms with Gasteiger partial charge < -0.3 is 15.6 Å². The van der Waals surface area contributed by atoms with Crippen molar-refractivity contribution in [2.75, 3.05) is 12.4 Å². The summed E-state index contributed by atoms with van der Waals surface area (Å²) < 4.78 is 0. The highest BCUT2D eigenvalue weighted by Gasteiger charge is 2.26. The highest BCUT2D eigenvalue weighted by atomic mass is 32.1. The molecule has 6 nitrogen and oxygen atoms in total. The summed E-state index contributed by atoms with van der Waals surface area (Å²) in [6.07, 6.45) is 5.47.